The van der Waals surface area contributed by atoms with Crippen molar-refractivity contribution in [3.8, 4) is 5.82 Å². The third kappa shape index (κ3) is 4.38. The average Bonchev–Trinajstić information content (AvgIpc) is 3.34. The van der Waals surface area contributed by atoms with Crippen molar-refractivity contribution in [1.29, 1.82) is 0 Å². The van der Waals surface area contributed by atoms with Gasteiger partial charge in [-0.25, -0.2) is 4.98 Å². The van der Waals surface area contributed by atoms with E-state index in [2.05, 4.69) is 55.6 Å². The van der Waals surface area contributed by atoms with Crippen LogP contribution in [0, 0.1) is 13.8 Å². The number of nitrogens with zero attached hydrogens (tertiary/aromatic N) is 5. The van der Waals surface area contributed by atoms with Crippen LogP contribution in [-0.4, -0.2) is 68.8 Å². The van der Waals surface area contributed by atoms with Gasteiger partial charge in [0, 0.05) is 50.0 Å². The van der Waals surface area contributed by atoms with Gasteiger partial charge in [0.15, 0.2) is 5.11 Å². The lowest BCUT2D eigenvalue weighted by Gasteiger charge is -2.32. The number of morpholine rings is 1. The Balaban J connectivity index is 1.52. The van der Waals surface area contributed by atoms with Crippen LogP contribution in [0.3, 0.4) is 0 Å². The maximum Gasteiger partial charge on any atom is 0.170 e. The molecule has 2 fully saturated rings. The summed E-state index contributed by atoms with van der Waals surface area (Å²) in [5.41, 5.74) is 4.59. The van der Waals surface area contributed by atoms with E-state index < -0.39 is 0 Å². The summed E-state index contributed by atoms with van der Waals surface area (Å²) in [4.78, 5) is 14.1. The molecule has 0 spiro atoms. The van der Waals surface area contributed by atoms with E-state index in [0.717, 1.165) is 61.7 Å². The highest BCUT2D eigenvalue weighted by atomic mass is 32.1. The van der Waals surface area contributed by atoms with Gasteiger partial charge in [0.2, 0.25) is 0 Å². The summed E-state index contributed by atoms with van der Waals surface area (Å²) in [6.07, 6.45) is 3.69. The van der Waals surface area contributed by atoms with Gasteiger partial charge < -0.3 is 19.5 Å². The normalized spacial score (nSPS) is 21.4. The first-order valence-corrected chi connectivity index (χ1v) is 11.9. The Labute approximate surface area is 200 Å². The summed E-state index contributed by atoms with van der Waals surface area (Å²) < 4.78 is 7.75. The minimum absolute atomic E-state index is 0.0129. The minimum Gasteiger partial charge on any atom is -0.379 e. The first kappa shape index (κ1) is 22.0. The van der Waals surface area contributed by atoms with Crippen molar-refractivity contribution in [2.24, 2.45) is 0 Å². The van der Waals surface area contributed by atoms with E-state index in [0.29, 0.717) is 0 Å². The van der Waals surface area contributed by atoms with Crippen LogP contribution >= 0.6 is 12.2 Å². The molecule has 0 saturated carbocycles. The van der Waals surface area contributed by atoms with Gasteiger partial charge in [0.1, 0.15) is 5.82 Å². The summed E-state index contributed by atoms with van der Waals surface area (Å²) in [7, 11) is 0. The van der Waals surface area contributed by atoms with E-state index in [-0.39, 0.29) is 12.1 Å². The number of nitrogens with one attached hydrogen (secondary N) is 1. The minimum atomic E-state index is -0.0129. The van der Waals surface area contributed by atoms with Gasteiger partial charge >= 0.3 is 0 Å². The van der Waals surface area contributed by atoms with Crippen molar-refractivity contribution in [2.45, 2.75) is 25.9 Å². The predicted octanol–water partition coefficient (Wildman–Crippen LogP) is 3.19. The van der Waals surface area contributed by atoms with Crippen LogP contribution in [0.1, 0.15) is 34.7 Å². The maximum absolute atomic E-state index is 5.86. The third-order valence-electron chi connectivity index (χ3n) is 6.63. The molecule has 0 bridgehead atoms. The Kier molecular flexibility index (Phi) is 6.39. The highest BCUT2D eigenvalue weighted by Gasteiger charge is 2.41. The molecule has 172 valence electrons. The quantitative estimate of drug-likeness (QED) is 0.565. The molecule has 8 heteroatoms. The molecule has 0 radical (unpaired) electrons. The number of rotatable bonds is 6. The average molecular weight is 463 g/mol. The van der Waals surface area contributed by atoms with Gasteiger partial charge in [-0.05, 0) is 62.0 Å². The van der Waals surface area contributed by atoms with Crippen LogP contribution in [0.4, 0.5) is 0 Å². The van der Waals surface area contributed by atoms with E-state index >= 15 is 0 Å². The van der Waals surface area contributed by atoms with Crippen LogP contribution < -0.4 is 5.32 Å². The van der Waals surface area contributed by atoms with E-state index in [9.17, 15) is 0 Å². The fourth-order valence-corrected chi connectivity index (χ4v) is 5.32. The van der Waals surface area contributed by atoms with Gasteiger partial charge in [0.25, 0.3) is 0 Å². The summed E-state index contributed by atoms with van der Waals surface area (Å²) >= 11 is 5.86. The largest absolute Gasteiger partial charge is 0.379 e. The lowest BCUT2D eigenvalue weighted by Crippen LogP contribution is -2.42. The van der Waals surface area contributed by atoms with E-state index in [4.69, 9.17) is 17.0 Å². The van der Waals surface area contributed by atoms with E-state index in [1.807, 2.05) is 42.7 Å². The molecule has 7 nitrogen and oxygen atoms in total. The molecule has 3 aromatic rings. The summed E-state index contributed by atoms with van der Waals surface area (Å²) in [6.45, 7) is 9.66. The van der Waals surface area contributed by atoms with E-state index in [1.165, 1.54) is 11.3 Å². The van der Waals surface area contributed by atoms with Crippen LogP contribution in [0.15, 0.2) is 54.9 Å². The first-order chi connectivity index (χ1) is 16.1. The van der Waals surface area contributed by atoms with Crippen molar-refractivity contribution in [1.82, 2.24) is 29.7 Å². The van der Waals surface area contributed by atoms with Gasteiger partial charge in [-0.15, -0.1) is 0 Å². The molecule has 2 aliphatic heterocycles. The van der Waals surface area contributed by atoms with Crippen molar-refractivity contribution in [3.63, 3.8) is 0 Å². The van der Waals surface area contributed by atoms with E-state index in [1.54, 1.807) is 0 Å². The number of thiocarbonyl (C=S) groups is 1. The van der Waals surface area contributed by atoms with Crippen molar-refractivity contribution < 1.29 is 4.74 Å². The number of aromatic nitrogens is 3. The predicted molar refractivity (Wildman–Crippen MR) is 132 cm³/mol. The van der Waals surface area contributed by atoms with Crippen LogP contribution in [-0.2, 0) is 4.74 Å². The lowest BCUT2D eigenvalue weighted by atomic mass is 9.97. The van der Waals surface area contributed by atoms with Gasteiger partial charge in [-0.2, -0.15) is 0 Å². The number of ether oxygens (including phenoxy) is 1. The second-order valence-electron chi connectivity index (χ2n) is 8.62. The number of hydrogen-bond donors (Lipinski definition) is 1. The Hall–Kier alpha value is -2.81. The molecule has 0 amide bonds. The van der Waals surface area contributed by atoms with Crippen LogP contribution in [0.2, 0.25) is 0 Å². The molecule has 3 aromatic heterocycles. The Morgan fingerprint density at radius 1 is 1.03 bits per heavy atom. The molecule has 0 aromatic carbocycles. The van der Waals surface area contributed by atoms with Crippen LogP contribution in [0.25, 0.3) is 5.82 Å². The van der Waals surface area contributed by atoms with Crippen molar-refractivity contribution >= 4 is 17.3 Å². The molecular formula is C25H30N6OS. The second kappa shape index (κ2) is 9.59. The zero-order valence-electron chi connectivity index (χ0n) is 19.1. The Bertz CT molecular complexity index is 1100. The topological polar surface area (TPSA) is 58.5 Å². The van der Waals surface area contributed by atoms with Crippen molar-refractivity contribution in [2.75, 3.05) is 39.4 Å². The number of hydrogen-bond acceptors (Lipinski definition) is 5. The fraction of sp³-hybridized carbons (Fsp3) is 0.400. The molecule has 5 heterocycles. The summed E-state index contributed by atoms with van der Waals surface area (Å²) in [5.74, 6) is 0.932. The number of pyridine rings is 2. The highest BCUT2D eigenvalue weighted by Crippen LogP contribution is 2.41. The number of aryl methyl sites for hydroxylation is 1. The molecule has 1 N–H and O–H groups in total. The zero-order chi connectivity index (χ0) is 22.8. The van der Waals surface area contributed by atoms with Crippen LogP contribution in [0.5, 0.6) is 0 Å². The van der Waals surface area contributed by atoms with Crippen molar-refractivity contribution in [3.05, 3.63) is 77.5 Å². The highest BCUT2D eigenvalue weighted by molar-refractivity contribution is 7.80. The molecule has 2 aliphatic rings. The van der Waals surface area contributed by atoms with Gasteiger partial charge in [-0.3, -0.25) is 9.88 Å². The monoisotopic (exact) mass is 462 g/mol. The van der Waals surface area contributed by atoms with Gasteiger partial charge in [-0.1, -0.05) is 12.1 Å². The SMILES string of the molecule is Cc1cc([C@H]2[C@@H](c3ccccn3)NC(=S)N2CCN2CCOCC2)c(C)n1-c1ccccn1. The molecule has 5 rings (SSSR count). The molecule has 2 saturated heterocycles. The summed E-state index contributed by atoms with van der Waals surface area (Å²) in [5, 5.41) is 4.36. The molecule has 2 atom stereocenters. The lowest BCUT2D eigenvalue weighted by molar-refractivity contribution is 0.0350. The Morgan fingerprint density at radius 2 is 1.79 bits per heavy atom. The Morgan fingerprint density at radius 3 is 2.48 bits per heavy atom. The third-order valence-corrected chi connectivity index (χ3v) is 6.98. The zero-order valence-corrected chi connectivity index (χ0v) is 20.0. The molecule has 0 aliphatic carbocycles. The second-order valence-corrected chi connectivity index (χ2v) is 9.01. The fourth-order valence-electron chi connectivity index (χ4n) is 4.98. The smallest absolute Gasteiger partial charge is 0.170 e. The standard InChI is InChI=1S/C25H30N6OS/c1-18-17-20(19(2)31(18)22-8-4-6-10-27-22)24-23(21-7-3-5-9-26-21)28-25(33)30(24)12-11-29-13-15-32-16-14-29/h3-10,17,23-24H,11-16H2,1-2H3,(H,28,33)/t23-,24+/m1/s1. The summed E-state index contributed by atoms with van der Waals surface area (Å²) in [6, 6.07) is 14.4. The maximum atomic E-state index is 5.86. The molecule has 0 unspecified atom stereocenters. The molecule has 33 heavy (non-hydrogen) atoms. The van der Waals surface area contributed by atoms with Gasteiger partial charge in [0.05, 0.1) is 31.0 Å². The first-order valence-electron chi connectivity index (χ1n) is 11.5. The molecular weight excluding hydrogens is 432 g/mol.